The van der Waals surface area contributed by atoms with Crippen molar-refractivity contribution in [3.05, 3.63) is 28.8 Å². The minimum Gasteiger partial charge on any atom is -0.480 e. The summed E-state index contributed by atoms with van der Waals surface area (Å²) in [6, 6.07) is 6.39. The van der Waals surface area contributed by atoms with Crippen molar-refractivity contribution in [3.8, 4) is 11.8 Å². The number of Topliss-reactive ketones (excluding diaryl/α,β-unsaturated/α-hetero) is 1. The Morgan fingerprint density at radius 3 is 2.88 bits per heavy atom. The zero-order valence-corrected chi connectivity index (χ0v) is 15.2. The lowest BCUT2D eigenvalue weighted by molar-refractivity contribution is -0.138. The molecule has 26 heavy (non-hydrogen) atoms. The summed E-state index contributed by atoms with van der Waals surface area (Å²) in [7, 11) is 0. The number of nitrogens with zero attached hydrogens (tertiary/aromatic N) is 1. The van der Waals surface area contributed by atoms with E-state index in [2.05, 4.69) is 12.1 Å². The lowest BCUT2D eigenvalue weighted by Crippen LogP contribution is -2.60. The Bertz CT molecular complexity index is 848. The minimum atomic E-state index is -0.322. The van der Waals surface area contributed by atoms with Gasteiger partial charge in [0.1, 0.15) is 11.8 Å². The molecule has 2 bridgehead atoms. The first kappa shape index (κ1) is 15.3. The third kappa shape index (κ3) is 1.71. The van der Waals surface area contributed by atoms with Crippen LogP contribution < -0.4 is 4.74 Å². The Balaban J connectivity index is 1.50. The van der Waals surface area contributed by atoms with Gasteiger partial charge in [-0.1, -0.05) is 25.3 Å². The number of hydrogen-bond donors (Lipinski definition) is 0. The maximum Gasteiger partial charge on any atom is 0.174 e. The highest BCUT2D eigenvalue weighted by Crippen LogP contribution is 2.66. The van der Waals surface area contributed by atoms with E-state index >= 15 is 0 Å². The molecule has 0 amide bonds. The highest BCUT2D eigenvalue weighted by atomic mass is 16.5. The summed E-state index contributed by atoms with van der Waals surface area (Å²) >= 11 is 0. The maximum atomic E-state index is 12.8. The number of benzene rings is 1. The highest BCUT2D eigenvalue weighted by molar-refractivity contribution is 5.89. The lowest BCUT2D eigenvalue weighted by atomic mass is 9.45. The molecule has 0 radical (unpaired) electrons. The van der Waals surface area contributed by atoms with Gasteiger partial charge in [0, 0.05) is 17.4 Å². The molecule has 1 heterocycles. The number of carbonyl (C=O) groups is 1. The number of rotatable bonds is 2. The first-order valence-corrected chi connectivity index (χ1v) is 10.5. The van der Waals surface area contributed by atoms with Crippen LogP contribution in [0, 0.1) is 35.0 Å². The van der Waals surface area contributed by atoms with Crippen LogP contribution in [0.3, 0.4) is 0 Å². The van der Waals surface area contributed by atoms with Crippen LogP contribution in [-0.4, -0.2) is 11.9 Å². The van der Waals surface area contributed by atoms with E-state index in [0.717, 1.165) is 36.8 Å². The van der Waals surface area contributed by atoms with Gasteiger partial charge in [0.15, 0.2) is 11.9 Å². The second-order valence-electron chi connectivity index (χ2n) is 9.44. The Hall–Kier alpha value is -1.82. The highest BCUT2D eigenvalue weighted by Gasteiger charge is 2.65. The first-order chi connectivity index (χ1) is 12.7. The third-order valence-corrected chi connectivity index (χ3v) is 8.56. The molecule has 134 valence electrons. The van der Waals surface area contributed by atoms with Gasteiger partial charge >= 0.3 is 0 Å². The van der Waals surface area contributed by atoms with Gasteiger partial charge < -0.3 is 4.74 Å². The zero-order chi connectivity index (χ0) is 17.5. The van der Waals surface area contributed by atoms with Crippen molar-refractivity contribution in [2.75, 3.05) is 0 Å². The standard InChI is InChI=1S/C23H25NO2/c24-12-16-5-4-15-11-17-14(10-13-2-1-3-13)8-9-23-18(17)6-7-19(25)22(23)26-21(16)20(15)23/h4-5,13-14,17-18,22H,1-3,6-11H2. The predicted molar refractivity (Wildman–Crippen MR) is 96.9 cm³/mol. The Morgan fingerprint density at radius 1 is 1.23 bits per heavy atom. The quantitative estimate of drug-likeness (QED) is 0.801. The lowest BCUT2D eigenvalue weighted by Gasteiger charge is -2.57. The fourth-order valence-corrected chi connectivity index (χ4v) is 7.30. The average molecular weight is 347 g/mol. The van der Waals surface area contributed by atoms with Gasteiger partial charge in [0.2, 0.25) is 0 Å². The maximum absolute atomic E-state index is 12.8. The normalized spacial score (nSPS) is 39.6. The van der Waals surface area contributed by atoms with Gasteiger partial charge in [-0.3, -0.25) is 4.79 Å². The number of nitriles is 1. The number of ketones is 1. The molecule has 4 aliphatic carbocycles. The summed E-state index contributed by atoms with van der Waals surface area (Å²) in [4.78, 5) is 12.8. The molecule has 1 aromatic carbocycles. The Labute approximate surface area is 154 Å². The topological polar surface area (TPSA) is 50.1 Å². The summed E-state index contributed by atoms with van der Waals surface area (Å²) in [6.07, 6.45) is 10.5. The van der Waals surface area contributed by atoms with Crippen molar-refractivity contribution in [2.45, 2.75) is 69.3 Å². The SMILES string of the molecule is N#Cc1ccc2c3c1OC1C(=O)CCC4C(C2)C(CC2CCC2)CCC314. The predicted octanol–water partition coefficient (Wildman–Crippen LogP) is 4.31. The van der Waals surface area contributed by atoms with Crippen molar-refractivity contribution in [1.29, 1.82) is 5.26 Å². The van der Waals surface area contributed by atoms with E-state index in [0.29, 0.717) is 23.8 Å². The summed E-state index contributed by atoms with van der Waals surface area (Å²) in [5, 5.41) is 9.56. The molecule has 5 atom stereocenters. The molecule has 0 aromatic heterocycles. The molecular formula is C23H25NO2. The summed E-state index contributed by atoms with van der Waals surface area (Å²) in [5.41, 5.74) is 3.13. The van der Waals surface area contributed by atoms with E-state index in [1.54, 1.807) is 0 Å². The van der Waals surface area contributed by atoms with Gasteiger partial charge in [0.05, 0.1) is 5.56 Å². The summed E-state index contributed by atoms with van der Waals surface area (Å²) in [5.74, 6) is 4.07. The van der Waals surface area contributed by atoms with E-state index in [1.807, 2.05) is 6.07 Å². The smallest absolute Gasteiger partial charge is 0.174 e. The Kier molecular flexibility index (Phi) is 3.01. The third-order valence-electron chi connectivity index (χ3n) is 8.56. The van der Waals surface area contributed by atoms with Crippen molar-refractivity contribution in [2.24, 2.45) is 23.7 Å². The second kappa shape index (κ2) is 5.12. The van der Waals surface area contributed by atoms with E-state index in [1.165, 1.54) is 43.2 Å². The molecular weight excluding hydrogens is 322 g/mol. The van der Waals surface area contributed by atoms with Crippen molar-refractivity contribution in [1.82, 2.24) is 0 Å². The summed E-state index contributed by atoms with van der Waals surface area (Å²) in [6.45, 7) is 0. The molecule has 3 nitrogen and oxygen atoms in total. The van der Waals surface area contributed by atoms with Crippen LogP contribution in [0.4, 0.5) is 0 Å². The van der Waals surface area contributed by atoms with Crippen LogP contribution in [0.1, 0.15) is 68.1 Å². The van der Waals surface area contributed by atoms with Gasteiger partial charge in [-0.2, -0.15) is 5.26 Å². The average Bonchev–Trinajstić information content (AvgIpc) is 2.96. The molecule has 1 aliphatic heterocycles. The van der Waals surface area contributed by atoms with E-state index in [4.69, 9.17) is 4.74 Å². The fourth-order valence-electron chi connectivity index (χ4n) is 7.30. The summed E-state index contributed by atoms with van der Waals surface area (Å²) < 4.78 is 6.29. The molecule has 3 saturated carbocycles. The van der Waals surface area contributed by atoms with E-state index in [-0.39, 0.29) is 17.3 Å². The Morgan fingerprint density at radius 2 is 2.12 bits per heavy atom. The molecule has 6 rings (SSSR count). The van der Waals surface area contributed by atoms with Gasteiger partial charge in [0.25, 0.3) is 0 Å². The van der Waals surface area contributed by atoms with Crippen LogP contribution in [0.5, 0.6) is 5.75 Å². The van der Waals surface area contributed by atoms with Gasteiger partial charge in [-0.25, -0.2) is 0 Å². The van der Waals surface area contributed by atoms with Gasteiger partial charge in [-0.15, -0.1) is 0 Å². The largest absolute Gasteiger partial charge is 0.480 e. The van der Waals surface area contributed by atoms with Gasteiger partial charge in [-0.05, 0) is 67.4 Å². The van der Waals surface area contributed by atoms with Crippen LogP contribution >= 0.6 is 0 Å². The zero-order valence-electron chi connectivity index (χ0n) is 15.2. The second-order valence-corrected chi connectivity index (χ2v) is 9.44. The molecule has 1 aromatic rings. The van der Waals surface area contributed by atoms with E-state index < -0.39 is 0 Å². The van der Waals surface area contributed by atoms with Crippen molar-refractivity contribution in [3.63, 3.8) is 0 Å². The number of ether oxygens (including phenoxy) is 1. The number of carbonyl (C=O) groups excluding carboxylic acids is 1. The van der Waals surface area contributed by atoms with Crippen LogP contribution in [0.2, 0.25) is 0 Å². The van der Waals surface area contributed by atoms with Crippen molar-refractivity contribution < 1.29 is 9.53 Å². The minimum absolute atomic E-state index is 0.119. The van der Waals surface area contributed by atoms with E-state index in [9.17, 15) is 10.1 Å². The van der Waals surface area contributed by atoms with Crippen LogP contribution in [0.15, 0.2) is 12.1 Å². The molecule has 0 saturated heterocycles. The molecule has 0 N–H and O–H groups in total. The molecule has 3 fully saturated rings. The molecule has 5 unspecified atom stereocenters. The fraction of sp³-hybridized carbons (Fsp3) is 0.652. The molecule has 1 spiro atoms. The molecule has 3 heteroatoms. The molecule has 5 aliphatic rings. The number of hydrogen-bond acceptors (Lipinski definition) is 3. The monoisotopic (exact) mass is 347 g/mol. The van der Waals surface area contributed by atoms with Crippen molar-refractivity contribution >= 4 is 5.78 Å². The van der Waals surface area contributed by atoms with Crippen LogP contribution in [0.25, 0.3) is 0 Å². The first-order valence-electron chi connectivity index (χ1n) is 10.5. The van der Waals surface area contributed by atoms with Crippen LogP contribution in [-0.2, 0) is 16.6 Å².